The second-order valence-corrected chi connectivity index (χ2v) is 13.2. The summed E-state index contributed by atoms with van der Waals surface area (Å²) in [6.07, 6.45) is 0. The Labute approximate surface area is 272 Å². The Morgan fingerprint density at radius 3 is 1.85 bits per heavy atom. The number of nitrogens with zero attached hydrogens (tertiary/aromatic N) is 4. The lowest BCUT2D eigenvalue weighted by atomic mass is 10.0. The molecule has 218 valence electrons. The van der Waals surface area contributed by atoms with Crippen LogP contribution in [0.1, 0.15) is 0 Å². The van der Waals surface area contributed by atoms with Crippen LogP contribution in [0.2, 0.25) is 0 Å². The van der Waals surface area contributed by atoms with E-state index in [1.54, 1.807) is 11.3 Å². The highest BCUT2D eigenvalue weighted by Gasteiger charge is 2.26. The van der Waals surface area contributed by atoms with Crippen molar-refractivity contribution < 1.29 is 0 Å². The van der Waals surface area contributed by atoms with Crippen LogP contribution in [-0.4, -0.2) is 18.9 Å². The van der Waals surface area contributed by atoms with Crippen LogP contribution in [0.5, 0.6) is 0 Å². The standard InChI is InChI=1S/C42H24N4S/c1-2-13-25(14-3-1)41-43-37-31-19-8-11-24-35(31)47-40(37)42(44-41)46-34-23-12-20-29-27-16-5-4-15-26(27)28-17-6-9-21-32(28)45-33-22-10-7-18-30(33)38(46)39(45)36(29)34/h1-24H. The Hall–Kier alpha value is -6.04. The molecule has 0 aliphatic rings. The molecule has 0 radical (unpaired) electrons. The Morgan fingerprint density at radius 2 is 1.04 bits per heavy atom. The zero-order valence-corrected chi connectivity index (χ0v) is 25.9. The summed E-state index contributed by atoms with van der Waals surface area (Å²) in [4.78, 5) is 10.7. The van der Waals surface area contributed by atoms with Gasteiger partial charge in [0.2, 0.25) is 0 Å². The molecular formula is C42H24N4S. The third-order valence-electron chi connectivity index (χ3n) is 9.69. The van der Waals surface area contributed by atoms with Crippen molar-refractivity contribution >= 4 is 91.5 Å². The quantitative estimate of drug-likeness (QED) is 0.194. The summed E-state index contributed by atoms with van der Waals surface area (Å²) >= 11 is 1.77. The van der Waals surface area contributed by atoms with Gasteiger partial charge < -0.3 is 4.40 Å². The summed E-state index contributed by atoms with van der Waals surface area (Å²) in [5.41, 5.74) is 7.85. The van der Waals surface area contributed by atoms with Crippen molar-refractivity contribution in [2.45, 2.75) is 0 Å². The predicted octanol–water partition coefficient (Wildman–Crippen LogP) is 11.3. The zero-order valence-electron chi connectivity index (χ0n) is 25.1. The number of fused-ring (bicyclic) bond motifs is 11. The Morgan fingerprint density at radius 1 is 0.447 bits per heavy atom. The third-order valence-corrected chi connectivity index (χ3v) is 10.8. The van der Waals surface area contributed by atoms with Crippen LogP contribution in [0.4, 0.5) is 0 Å². The maximum atomic E-state index is 5.46. The molecule has 0 aliphatic heterocycles. The minimum absolute atomic E-state index is 0.728. The molecule has 11 rings (SSSR count). The summed E-state index contributed by atoms with van der Waals surface area (Å²) in [6, 6.07) is 52.2. The molecule has 5 heteroatoms. The lowest BCUT2D eigenvalue weighted by Gasteiger charge is -2.12. The van der Waals surface area contributed by atoms with Gasteiger partial charge in [-0.05, 0) is 40.4 Å². The summed E-state index contributed by atoms with van der Waals surface area (Å²) in [5.74, 6) is 1.64. The lowest BCUT2D eigenvalue weighted by molar-refractivity contribution is 1.08. The minimum atomic E-state index is 0.728. The second kappa shape index (κ2) is 9.25. The number of thiophene rings is 1. The van der Waals surface area contributed by atoms with Gasteiger partial charge in [0, 0.05) is 31.8 Å². The molecule has 0 spiro atoms. The number of para-hydroxylation sites is 2. The van der Waals surface area contributed by atoms with E-state index in [9.17, 15) is 0 Å². The van der Waals surface area contributed by atoms with E-state index in [1.807, 2.05) is 6.07 Å². The van der Waals surface area contributed by atoms with Crippen LogP contribution in [0.25, 0.3) is 97.4 Å². The molecule has 0 amide bonds. The van der Waals surface area contributed by atoms with Gasteiger partial charge >= 0.3 is 0 Å². The molecule has 0 fully saturated rings. The smallest absolute Gasteiger partial charge is 0.162 e. The largest absolute Gasteiger partial charge is 0.306 e. The molecule has 0 unspecified atom stereocenters. The fourth-order valence-corrected chi connectivity index (χ4v) is 8.88. The van der Waals surface area contributed by atoms with Crippen molar-refractivity contribution in [3.63, 3.8) is 0 Å². The fourth-order valence-electron chi connectivity index (χ4n) is 7.76. The number of rotatable bonds is 2. The fraction of sp³-hybridized carbons (Fsp3) is 0. The van der Waals surface area contributed by atoms with Crippen molar-refractivity contribution in [3.05, 3.63) is 146 Å². The summed E-state index contributed by atoms with van der Waals surface area (Å²) in [6.45, 7) is 0. The number of hydrogen-bond acceptors (Lipinski definition) is 3. The van der Waals surface area contributed by atoms with E-state index in [1.165, 1.54) is 53.6 Å². The topological polar surface area (TPSA) is 35.1 Å². The highest BCUT2D eigenvalue weighted by Crippen LogP contribution is 2.46. The molecule has 5 aromatic heterocycles. The highest BCUT2D eigenvalue weighted by atomic mass is 32.1. The van der Waals surface area contributed by atoms with Crippen molar-refractivity contribution in [2.75, 3.05) is 0 Å². The summed E-state index contributed by atoms with van der Waals surface area (Å²) in [5, 5.41) is 8.51. The van der Waals surface area contributed by atoms with Crippen LogP contribution < -0.4 is 0 Å². The van der Waals surface area contributed by atoms with Gasteiger partial charge in [-0.25, -0.2) is 9.97 Å². The highest BCUT2D eigenvalue weighted by molar-refractivity contribution is 7.26. The van der Waals surface area contributed by atoms with Crippen molar-refractivity contribution in [1.29, 1.82) is 0 Å². The molecular weight excluding hydrogens is 593 g/mol. The third kappa shape index (κ3) is 3.31. The van der Waals surface area contributed by atoms with E-state index in [0.29, 0.717) is 0 Å². The number of hydrogen-bond donors (Lipinski definition) is 0. The van der Waals surface area contributed by atoms with Gasteiger partial charge in [-0.2, -0.15) is 0 Å². The van der Waals surface area contributed by atoms with E-state index in [4.69, 9.17) is 9.97 Å². The van der Waals surface area contributed by atoms with E-state index in [-0.39, 0.29) is 0 Å². The predicted molar refractivity (Wildman–Crippen MR) is 198 cm³/mol. The van der Waals surface area contributed by atoms with Crippen molar-refractivity contribution in [1.82, 2.24) is 18.9 Å². The maximum absolute atomic E-state index is 5.46. The van der Waals surface area contributed by atoms with Gasteiger partial charge in [0.25, 0.3) is 0 Å². The van der Waals surface area contributed by atoms with E-state index in [0.717, 1.165) is 43.8 Å². The van der Waals surface area contributed by atoms with Crippen molar-refractivity contribution in [2.24, 2.45) is 0 Å². The first-order valence-electron chi connectivity index (χ1n) is 15.9. The molecule has 0 atom stereocenters. The summed E-state index contributed by atoms with van der Waals surface area (Å²) in [7, 11) is 0. The molecule has 0 saturated heterocycles. The SMILES string of the molecule is c1ccc(-c2nc(-n3c4cccc5c6ccccc6c6ccccc6n6c7ccccc7c3c6c54)c3sc4ccccc4c3n2)cc1. The van der Waals surface area contributed by atoms with Crippen LogP contribution in [0.3, 0.4) is 0 Å². The van der Waals surface area contributed by atoms with Gasteiger partial charge in [-0.15, -0.1) is 11.3 Å². The van der Waals surface area contributed by atoms with Gasteiger partial charge in [0.05, 0.1) is 37.8 Å². The molecule has 47 heavy (non-hydrogen) atoms. The first-order chi connectivity index (χ1) is 23.3. The Balaban J connectivity index is 1.46. The van der Waals surface area contributed by atoms with Crippen LogP contribution >= 0.6 is 11.3 Å². The Kier molecular flexibility index (Phi) is 4.96. The lowest BCUT2D eigenvalue weighted by Crippen LogP contribution is -2.01. The van der Waals surface area contributed by atoms with Crippen LogP contribution in [0.15, 0.2) is 146 Å². The van der Waals surface area contributed by atoms with Crippen molar-refractivity contribution in [3.8, 4) is 17.2 Å². The van der Waals surface area contributed by atoms with Gasteiger partial charge in [0.1, 0.15) is 0 Å². The van der Waals surface area contributed by atoms with Gasteiger partial charge in [-0.1, -0.05) is 121 Å². The van der Waals surface area contributed by atoms with Crippen LogP contribution in [-0.2, 0) is 0 Å². The normalized spacial score (nSPS) is 12.3. The molecule has 0 bridgehead atoms. The average molecular weight is 617 g/mol. The van der Waals surface area contributed by atoms with E-state index < -0.39 is 0 Å². The monoisotopic (exact) mass is 616 g/mol. The summed E-state index contributed by atoms with van der Waals surface area (Å²) < 4.78 is 7.21. The first kappa shape index (κ1) is 25.2. The van der Waals surface area contributed by atoms with Gasteiger partial charge in [-0.3, -0.25) is 4.57 Å². The molecule has 0 aliphatic carbocycles. The minimum Gasteiger partial charge on any atom is -0.306 e. The Bertz CT molecular complexity index is 3070. The van der Waals surface area contributed by atoms with Gasteiger partial charge in [0.15, 0.2) is 11.6 Å². The van der Waals surface area contributed by atoms with E-state index in [2.05, 4.69) is 148 Å². The number of aromatic nitrogens is 4. The van der Waals surface area contributed by atoms with Crippen LogP contribution in [0, 0.1) is 0 Å². The molecule has 0 N–H and O–H groups in total. The molecule has 0 saturated carbocycles. The average Bonchev–Trinajstić information content (AvgIpc) is 3.78. The maximum Gasteiger partial charge on any atom is 0.162 e. The second-order valence-electron chi connectivity index (χ2n) is 12.2. The van der Waals surface area contributed by atoms with E-state index >= 15 is 0 Å². The molecule has 11 aromatic rings. The zero-order chi connectivity index (χ0) is 30.6. The number of benzene rings is 6. The first-order valence-corrected chi connectivity index (χ1v) is 16.7. The molecule has 5 heterocycles. The molecule has 6 aromatic carbocycles. The molecule has 4 nitrogen and oxygen atoms in total.